The van der Waals surface area contributed by atoms with Crippen LogP contribution in [0.4, 0.5) is 5.82 Å². The first kappa shape index (κ1) is 12.6. The second-order valence-corrected chi connectivity index (χ2v) is 3.83. The van der Waals surface area contributed by atoms with E-state index in [1.165, 1.54) is 6.20 Å². The van der Waals surface area contributed by atoms with Crippen LogP contribution in [0.2, 0.25) is 0 Å². The van der Waals surface area contributed by atoms with Crippen molar-refractivity contribution >= 4 is 11.7 Å². The molecule has 0 radical (unpaired) electrons. The number of benzene rings is 1. The smallest absolute Gasteiger partial charge is 0.266 e. The third kappa shape index (κ3) is 3.10. The van der Waals surface area contributed by atoms with Gasteiger partial charge in [-0.2, -0.15) is 10.4 Å². The molecule has 1 aromatic carbocycles. The summed E-state index contributed by atoms with van der Waals surface area (Å²) in [6.07, 6.45) is 0.810. The Kier molecular flexibility index (Phi) is 3.78. The Bertz CT molecular complexity index is 601. The van der Waals surface area contributed by atoms with Gasteiger partial charge in [0, 0.05) is 6.07 Å². The Morgan fingerprint density at radius 2 is 2.26 bits per heavy atom. The van der Waals surface area contributed by atoms with Crippen LogP contribution in [-0.2, 0) is 4.79 Å². The molecule has 2 N–H and O–H groups in total. The summed E-state index contributed by atoms with van der Waals surface area (Å²) in [7, 11) is 0. The summed E-state index contributed by atoms with van der Waals surface area (Å²) in [4.78, 5) is 11.8. The van der Waals surface area contributed by atoms with Crippen molar-refractivity contribution in [3.8, 4) is 11.8 Å². The number of aromatic amines is 1. The number of para-hydroxylation sites is 1. The zero-order valence-electron chi connectivity index (χ0n) is 10.3. The summed E-state index contributed by atoms with van der Waals surface area (Å²) in [6.45, 7) is 1.61. The molecule has 0 saturated carbocycles. The van der Waals surface area contributed by atoms with E-state index in [4.69, 9.17) is 10.00 Å². The van der Waals surface area contributed by atoms with Crippen LogP contribution < -0.4 is 10.1 Å². The van der Waals surface area contributed by atoms with Gasteiger partial charge in [-0.1, -0.05) is 12.1 Å². The average Bonchev–Trinajstić information content (AvgIpc) is 2.92. The van der Waals surface area contributed by atoms with Gasteiger partial charge in [0.1, 0.15) is 17.6 Å². The largest absolute Gasteiger partial charge is 0.480 e. The van der Waals surface area contributed by atoms with Crippen molar-refractivity contribution in [3.63, 3.8) is 0 Å². The number of amides is 1. The van der Waals surface area contributed by atoms with Crippen LogP contribution in [-0.4, -0.2) is 22.2 Å². The number of carbonyl (C=O) groups excluding carboxylic acids is 1. The first-order valence-corrected chi connectivity index (χ1v) is 5.66. The summed E-state index contributed by atoms with van der Waals surface area (Å²) in [5, 5.41) is 17.9. The topological polar surface area (TPSA) is 90.8 Å². The van der Waals surface area contributed by atoms with Gasteiger partial charge in [-0.05, 0) is 19.1 Å². The summed E-state index contributed by atoms with van der Waals surface area (Å²) in [5.41, 5.74) is 0.392. The minimum Gasteiger partial charge on any atom is -0.480 e. The lowest BCUT2D eigenvalue weighted by molar-refractivity contribution is -0.122. The van der Waals surface area contributed by atoms with Crippen LogP contribution in [0.25, 0.3) is 0 Å². The van der Waals surface area contributed by atoms with Crippen LogP contribution in [0.5, 0.6) is 5.75 Å². The van der Waals surface area contributed by atoms with E-state index in [2.05, 4.69) is 15.5 Å². The predicted molar refractivity (Wildman–Crippen MR) is 68.5 cm³/mol. The number of hydrogen-bond donors (Lipinski definition) is 2. The number of nitriles is 1. The minimum atomic E-state index is -0.724. The Morgan fingerprint density at radius 3 is 2.95 bits per heavy atom. The lowest BCUT2D eigenvalue weighted by Gasteiger charge is -2.14. The highest BCUT2D eigenvalue weighted by Gasteiger charge is 2.16. The number of carbonyl (C=O) groups is 1. The molecule has 1 aromatic heterocycles. The maximum atomic E-state index is 11.8. The molecule has 0 fully saturated rings. The molecule has 1 atom stereocenters. The minimum absolute atomic E-state index is 0.322. The van der Waals surface area contributed by atoms with E-state index >= 15 is 0 Å². The van der Waals surface area contributed by atoms with Gasteiger partial charge in [-0.15, -0.1) is 0 Å². The number of ether oxygens (including phenoxy) is 1. The Hall–Kier alpha value is -2.81. The van der Waals surface area contributed by atoms with Crippen molar-refractivity contribution in [1.82, 2.24) is 10.2 Å². The maximum Gasteiger partial charge on any atom is 0.266 e. The van der Waals surface area contributed by atoms with Crippen LogP contribution >= 0.6 is 0 Å². The Morgan fingerprint density at radius 1 is 1.47 bits per heavy atom. The molecule has 6 nitrogen and oxygen atoms in total. The normalized spacial score (nSPS) is 11.4. The second-order valence-electron chi connectivity index (χ2n) is 3.83. The van der Waals surface area contributed by atoms with Crippen molar-refractivity contribution in [2.75, 3.05) is 5.32 Å². The van der Waals surface area contributed by atoms with Gasteiger partial charge in [0.15, 0.2) is 6.10 Å². The molecule has 2 rings (SSSR count). The number of aromatic nitrogens is 2. The van der Waals surface area contributed by atoms with Crippen molar-refractivity contribution in [2.24, 2.45) is 0 Å². The summed E-state index contributed by atoms with van der Waals surface area (Å²) >= 11 is 0. The summed E-state index contributed by atoms with van der Waals surface area (Å²) in [6, 6.07) is 10.4. The number of H-pyrrole nitrogens is 1. The average molecular weight is 256 g/mol. The zero-order chi connectivity index (χ0) is 13.7. The zero-order valence-corrected chi connectivity index (χ0v) is 10.3. The van der Waals surface area contributed by atoms with Gasteiger partial charge in [-0.25, -0.2) is 0 Å². The van der Waals surface area contributed by atoms with Crippen molar-refractivity contribution in [1.29, 1.82) is 5.26 Å². The standard InChI is InChI=1S/C13H12N4O2/c1-9(13(18)16-12-6-7-15-17-12)19-11-5-3-2-4-10(11)8-14/h2-7,9H,1H3,(H2,15,16,17,18). The van der Waals surface area contributed by atoms with E-state index in [1.807, 2.05) is 6.07 Å². The molecule has 0 aliphatic rings. The molecular formula is C13H12N4O2. The van der Waals surface area contributed by atoms with Crippen molar-refractivity contribution in [2.45, 2.75) is 13.0 Å². The highest BCUT2D eigenvalue weighted by molar-refractivity contribution is 5.93. The fourth-order valence-electron chi connectivity index (χ4n) is 1.47. The van der Waals surface area contributed by atoms with Gasteiger partial charge >= 0.3 is 0 Å². The number of hydrogen-bond acceptors (Lipinski definition) is 4. The number of anilines is 1. The molecule has 0 bridgehead atoms. The molecule has 1 amide bonds. The van der Waals surface area contributed by atoms with Crippen molar-refractivity contribution < 1.29 is 9.53 Å². The van der Waals surface area contributed by atoms with E-state index < -0.39 is 6.10 Å². The molecule has 0 aliphatic carbocycles. The van der Waals surface area contributed by atoms with E-state index in [9.17, 15) is 4.79 Å². The van der Waals surface area contributed by atoms with Gasteiger partial charge in [-0.3, -0.25) is 9.89 Å². The number of rotatable bonds is 4. The van der Waals surface area contributed by atoms with E-state index in [0.717, 1.165) is 0 Å². The van der Waals surface area contributed by atoms with Crippen LogP contribution in [0, 0.1) is 11.3 Å². The predicted octanol–water partition coefficient (Wildman–Crippen LogP) is 1.69. The molecule has 2 aromatic rings. The molecule has 0 aliphatic heterocycles. The maximum absolute atomic E-state index is 11.8. The van der Waals surface area contributed by atoms with Crippen LogP contribution in [0.3, 0.4) is 0 Å². The Balaban J connectivity index is 2.02. The number of nitrogens with zero attached hydrogens (tertiary/aromatic N) is 2. The van der Waals surface area contributed by atoms with E-state index in [0.29, 0.717) is 17.1 Å². The first-order valence-electron chi connectivity index (χ1n) is 5.66. The molecule has 0 spiro atoms. The van der Waals surface area contributed by atoms with Crippen LogP contribution in [0.1, 0.15) is 12.5 Å². The van der Waals surface area contributed by atoms with Gasteiger partial charge < -0.3 is 10.1 Å². The fourth-order valence-corrected chi connectivity index (χ4v) is 1.47. The third-order valence-corrected chi connectivity index (χ3v) is 2.44. The van der Waals surface area contributed by atoms with Gasteiger partial charge in [0.05, 0.1) is 11.8 Å². The van der Waals surface area contributed by atoms with Crippen LogP contribution in [0.15, 0.2) is 36.5 Å². The highest BCUT2D eigenvalue weighted by Crippen LogP contribution is 2.18. The number of nitrogens with one attached hydrogen (secondary N) is 2. The van der Waals surface area contributed by atoms with E-state index in [-0.39, 0.29) is 5.91 Å². The fraction of sp³-hybridized carbons (Fsp3) is 0.154. The Labute approximate surface area is 110 Å². The SMILES string of the molecule is CC(Oc1ccccc1C#N)C(=O)Nc1ccn[nH]1. The molecule has 0 saturated heterocycles. The molecule has 6 heteroatoms. The van der Waals surface area contributed by atoms with E-state index in [1.54, 1.807) is 37.3 Å². The third-order valence-electron chi connectivity index (χ3n) is 2.44. The highest BCUT2D eigenvalue weighted by atomic mass is 16.5. The lowest BCUT2D eigenvalue weighted by Crippen LogP contribution is -2.30. The quantitative estimate of drug-likeness (QED) is 0.870. The van der Waals surface area contributed by atoms with Gasteiger partial charge in [0.2, 0.25) is 0 Å². The molecular weight excluding hydrogens is 244 g/mol. The first-order chi connectivity index (χ1) is 9.20. The summed E-state index contributed by atoms with van der Waals surface area (Å²) in [5.74, 6) is 0.559. The molecule has 1 unspecified atom stereocenters. The summed E-state index contributed by atoms with van der Waals surface area (Å²) < 4.78 is 5.48. The van der Waals surface area contributed by atoms with Gasteiger partial charge in [0.25, 0.3) is 5.91 Å². The molecule has 19 heavy (non-hydrogen) atoms. The lowest BCUT2D eigenvalue weighted by atomic mass is 10.2. The van der Waals surface area contributed by atoms with Crippen molar-refractivity contribution in [3.05, 3.63) is 42.1 Å². The molecule has 1 heterocycles. The molecule has 96 valence electrons. The second kappa shape index (κ2) is 5.69. The monoisotopic (exact) mass is 256 g/mol.